The Morgan fingerprint density at radius 1 is 1.70 bits per heavy atom. The lowest BCUT2D eigenvalue weighted by molar-refractivity contribution is -0.122. The fourth-order valence-electron chi connectivity index (χ4n) is 0.829. The lowest BCUT2D eigenvalue weighted by Crippen LogP contribution is -2.30. The molecule has 4 heteroatoms. The van der Waals surface area contributed by atoms with Crippen molar-refractivity contribution < 1.29 is 14.7 Å². The first-order valence-electron chi connectivity index (χ1n) is 2.85. The van der Waals surface area contributed by atoms with Gasteiger partial charge >= 0.3 is 6.09 Å². The van der Waals surface area contributed by atoms with Gasteiger partial charge in [-0.2, -0.15) is 0 Å². The summed E-state index contributed by atoms with van der Waals surface area (Å²) in [7, 11) is 0. The Morgan fingerprint density at radius 2 is 2.30 bits per heavy atom. The van der Waals surface area contributed by atoms with Crippen LogP contribution < -0.4 is 0 Å². The highest BCUT2D eigenvalue weighted by Gasteiger charge is 2.28. The number of rotatable bonds is 0. The Balaban J connectivity index is 2.76. The van der Waals surface area contributed by atoms with E-state index in [0.29, 0.717) is 12.0 Å². The van der Waals surface area contributed by atoms with Gasteiger partial charge in [-0.25, -0.2) is 9.69 Å². The Labute approximate surface area is 57.7 Å². The van der Waals surface area contributed by atoms with Gasteiger partial charge in [0.25, 0.3) is 5.91 Å². The van der Waals surface area contributed by atoms with Crippen LogP contribution >= 0.6 is 0 Å². The summed E-state index contributed by atoms with van der Waals surface area (Å²) in [6.45, 7) is 3.67. The summed E-state index contributed by atoms with van der Waals surface area (Å²) in [5.74, 6) is -0.465. The van der Waals surface area contributed by atoms with Crippen LogP contribution in [0.25, 0.3) is 0 Å². The van der Waals surface area contributed by atoms with Gasteiger partial charge in [-0.3, -0.25) is 4.79 Å². The van der Waals surface area contributed by atoms with Crippen molar-refractivity contribution in [3.05, 3.63) is 12.2 Å². The van der Waals surface area contributed by atoms with Crippen molar-refractivity contribution in [3.8, 4) is 0 Å². The molecule has 1 saturated heterocycles. The third-order valence-electron chi connectivity index (χ3n) is 1.42. The molecule has 1 N–H and O–H groups in total. The van der Waals surface area contributed by atoms with Crippen LogP contribution in [-0.2, 0) is 4.79 Å². The molecule has 54 valence electrons. The van der Waals surface area contributed by atoms with Gasteiger partial charge in [0.1, 0.15) is 0 Å². The quantitative estimate of drug-likeness (QED) is 0.498. The molecule has 1 heterocycles. The molecule has 1 fully saturated rings. The summed E-state index contributed by atoms with van der Waals surface area (Å²) in [5, 5.41) is 8.37. The van der Waals surface area contributed by atoms with E-state index in [4.69, 9.17) is 5.11 Å². The highest BCUT2D eigenvalue weighted by molar-refractivity contribution is 6.03. The normalized spacial score (nSPS) is 18.2. The van der Waals surface area contributed by atoms with Crippen molar-refractivity contribution in [1.82, 2.24) is 4.90 Å². The van der Waals surface area contributed by atoms with Crippen molar-refractivity contribution >= 4 is 12.0 Å². The molecule has 0 atom stereocenters. The number of carbonyl (C=O) groups excluding carboxylic acids is 1. The number of amides is 2. The molecule has 0 spiro atoms. The minimum Gasteiger partial charge on any atom is -0.465 e. The predicted octanol–water partition coefficient (Wildman–Crippen LogP) is 0.453. The van der Waals surface area contributed by atoms with E-state index < -0.39 is 12.0 Å². The highest BCUT2D eigenvalue weighted by Crippen LogP contribution is 2.14. The standard InChI is InChI=1S/C6H7NO3/c1-4-2-3-7(5(4)8)6(9)10/h1-3H2,(H,9,10). The number of imide groups is 1. The number of likely N-dealkylation sites (tertiary alicyclic amines) is 1. The van der Waals surface area contributed by atoms with Crippen molar-refractivity contribution in [2.45, 2.75) is 6.42 Å². The summed E-state index contributed by atoms with van der Waals surface area (Å²) in [5.41, 5.74) is 0.377. The van der Waals surface area contributed by atoms with Crippen molar-refractivity contribution in [2.24, 2.45) is 0 Å². The molecule has 0 aliphatic carbocycles. The van der Waals surface area contributed by atoms with Crippen LogP contribution in [0.5, 0.6) is 0 Å². The number of hydrogen-bond acceptors (Lipinski definition) is 2. The Hall–Kier alpha value is -1.32. The molecule has 4 nitrogen and oxygen atoms in total. The summed E-state index contributed by atoms with van der Waals surface area (Å²) in [6.07, 6.45) is -0.728. The Bertz CT molecular complexity index is 209. The van der Waals surface area contributed by atoms with Gasteiger partial charge in [0.05, 0.1) is 0 Å². The zero-order chi connectivity index (χ0) is 7.72. The van der Waals surface area contributed by atoms with Crippen LogP contribution in [0.15, 0.2) is 12.2 Å². The van der Waals surface area contributed by atoms with Crippen molar-refractivity contribution in [2.75, 3.05) is 6.54 Å². The lowest BCUT2D eigenvalue weighted by Gasteiger charge is -2.05. The van der Waals surface area contributed by atoms with Gasteiger partial charge in [-0.15, -0.1) is 0 Å². The van der Waals surface area contributed by atoms with Crippen LogP contribution in [0.3, 0.4) is 0 Å². The van der Waals surface area contributed by atoms with Crippen molar-refractivity contribution in [3.63, 3.8) is 0 Å². The molecule has 0 bridgehead atoms. The molecule has 0 aromatic rings. The minimum absolute atomic E-state index is 0.257. The van der Waals surface area contributed by atoms with Crippen LogP contribution in [0.2, 0.25) is 0 Å². The minimum atomic E-state index is -1.19. The van der Waals surface area contributed by atoms with E-state index >= 15 is 0 Å². The van der Waals surface area contributed by atoms with E-state index in [1.54, 1.807) is 0 Å². The second-order valence-corrected chi connectivity index (χ2v) is 2.09. The average molecular weight is 141 g/mol. The van der Waals surface area contributed by atoms with Gasteiger partial charge in [0, 0.05) is 12.1 Å². The first kappa shape index (κ1) is 6.80. The molecule has 0 aromatic carbocycles. The van der Waals surface area contributed by atoms with Gasteiger partial charge in [-0.1, -0.05) is 6.58 Å². The largest absolute Gasteiger partial charge is 0.465 e. The zero-order valence-corrected chi connectivity index (χ0v) is 5.33. The fourth-order valence-corrected chi connectivity index (χ4v) is 0.829. The number of carboxylic acid groups (broad SMARTS) is 1. The molecular weight excluding hydrogens is 134 g/mol. The number of carbonyl (C=O) groups is 2. The molecule has 2 amide bonds. The van der Waals surface area contributed by atoms with Gasteiger partial charge in [-0.05, 0) is 6.42 Å². The van der Waals surface area contributed by atoms with Gasteiger partial charge < -0.3 is 5.11 Å². The summed E-state index contributed by atoms with van der Waals surface area (Å²) < 4.78 is 0. The number of hydrogen-bond donors (Lipinski definition) is 1. The van der Waals surface area contributed by atoms with E-state index in [-0.39, 0.29) is 6.54 Å². The zero-order valence-electron chi connectivity index (χ0n) is 5.33. The molecule has 0 radical (unpaired) electrons. The Kier molecular flexibility index (Phi) is 1.45. The van der Waals surface area contributed by atoms with E-state index in [2.05, 4.69) is 6.58 Å². The Morgan fingerprint density at radius 3 is 2.50 bits per heavy atom. The van der Waals surface area contributed by atoms with Crippen LogP contribution in [-0.4, -0.2) is 28.6 Å². The predicted molar refractivity (Wildman–Crippen MR) is 33.5 cm³/mol. The van der Waals surface area contributed by atoms with E-state index in [9.17, 15) is 9.59 Å². The second kappa shape index (κ2) is 2.13. The van der Waals surface area contributed by atoms with E-state index in [1.807, 2.05) is 0 Å². The van der Waals surface area contributed by atoms with Crippen LogP contribution in [0.1, 0.15) is 6.42 Å². The maximum Gasteiger partial charge on any atom is 0.414 e. The summed E-state index contributed by atoms with van der Waals surface area (Å²) >= 11 is 0. The average Bonchev–Trinajstić information content (AvgIpc) is 2.14. The molecule has 1 rings (SSSR count). The SMILES string of the molecule is C=C1CCN(C(=O)O)C1=O. The second-order valence-electron chi connectivity index (χ2n) is 2.09. The third-order valence-corrected chi connectivity index (χ3v) is 1.42. The smallest absolute Gasteiger partial charge is 0.414 e. The maximum atomic E-state index is 10.8. The number of nitrogens with zero attached hydrogens (tertiary/aromatic N) is 1. The molecule has 1 aliphatic rings. The lowest BCUT2D eigenvalue weighted by atomic mass is 10.3. The molecule has 0 saturated carbocycles. The van der Waals surface area contributed by atoms with Crippen LogP contribution in [0, 0.1) is 0 Å². The first-order chi connectivity index (χ1) is 4.63. The van der Waals surface area contributed by atoms with Crippen LogP contribution in [0.4, 0.5) is 4.79 Å². The van der Waals surface area contributed by atoms with E-state index in [1.165, 1.54) is 0 Å². The van der Waals surface area contributed by atoms with E-state index in [0.717, 1.165) is 4.90 Å². The maximum absolute atomic E-state index is 10.8. The van der Waals surface area contributed by atoms with Crippen molar-refractivity contribution in [1.29, 1.82) is 0 Å². The molecule has 10 heavy (non-hydrogen) atoms. The monoisotopic (exact) mass is 141 g/mol. The summed E-state index contributed by atoms with van der Waals surface area (Å²) in [4.78, 5) is 21.8. The summed E-state index contributed by atoms with van der Waals surface area (Å²) in [6, 6.07) is 0. The molecular formula is C6H7NO3. The highest BCUT2D eigenvalue weighted by atomic mass is 16.4. The van der Waals surface area contributed by atoms with Gasteiger partial charge in [0.15, 0.2) is 0 Å². The third kappa shape index (κ3) is 0.877. The first-order valence-corrected chi connectivity index (χ1v) is 2.85. The molecule has 1 aliphatic heterocycles. The fraction of sp³-hybridized carbons (Fsp3) is 0.333. The topological polar surface area (TPSA) is 57.6 Å². The molecule has 0 aromatic heterocycles. The molecule has 0 unspecified atom stereocenters. The van der Waals surface area contributed by atoms with Gasteiger partial charge in [0.2, 0.25) is 0 Å².